The summed E-state index contributed by atoms with van der Waals surface area (Å²) >= 11 is 0. The van der Waals surface area contributed by atoms with Gasteiger partial charge < -0.3 is 20.4 Å². The summed E-state index contributed by atoms with van der Waals surface area (Å²) in [6, 6.07) is 5.93. The summed E-state index contributed by atoms with van der Waals surface area (Å²) < 4.78 is 7.72. The molecule has 2 aromatic rings. The third-order valence-corrected chi connectivity index (χ3v) is 3.62. The molecule has 21 heavy (non-hydrogen) atoms. The van der Waals surface area contributed by atoms with Gasteiger partial charge in [0.25, 0.3) is 0 Å². The molecule has 112 valence electrons. The number of nitrogens with zero attached hydrogens (tertiary/aromatic N) is 2. The van der Waals surface area contributed by atoms with Crippen molar-refractivity contribution in [2.75, 3.05) is 5.73 Å². The zero-order chi connectivity index (χ0) is 15.0. The monoisotopic (exact) mass is 288 g/mol. The minimum atomic E-state index is 0.0797. The minimum Gasteiger partial charge on any atom is -0.489 e. The van der Waals surface area contributed by atoms with Crippen LogP contribution in [-0.4, -0.2) is 27.6 Å². The van der Waals surface area contributed by atoms with Crippen LogP contribution in [0.15, 0.2) is 18.2 Å². The Balaban J connectivity index is 1.95. The molecule has 1 fully saturated rings. The van der Waals surface area contributed by atoms with Gasteiger partial charge in [0.1, 0.15) is 11.3 Å². The van der Waals surface area contributed by atoms with Gasteiger partial charge in [-0.2, -0.15) is 0 Å². The van der Waals surface area contributed by atoms with Crippen LogP contribution in [0.25, 0.3) is 11.0 Å². The van der Waals surface area contributed by atoms with Gasteiger partial charge in [0, 0.05) is 19.0 Å². The van der Waals surface area contributed by atoms with E-state index in [1.54, 1.807) is 0 Å². The van der Waals surface area contributed by atoms with Gasteiger partial charge in [-0.05, 0) is 32.4 Å². The topological polar surface area (TPSA) is 82.2 Å². The molecule has 1 aliphatic rings. The van der Waals surface area contributed by atoms with E-state index in [4.69, 9.17) is 10.5 Å². The van der Waals surface area contributed by atoms with Gasteiger partial charge in [-0.3, -0.25) is 4.79 Å². The molecule has 1 amide bonds. The Morgan fingerprint density at radius 2 is 2.33 bits per heavy atom. The highest BCUT2D eigenvalue weighted by molar-refractivity contribution is 5.84. The summed E-state index contributed by atoms with van der Waals surface area (Å²) in [5.74, 6) is 1.29. The lowest BCUT2D eigenvalue weighted by Gasteiger charge is -2.13. The van der Waals surface area contributed by atoms with Crippen molar-refractivity contribution >= 4 is 22.9 Å². The van der Waals surface area contributed by atoms with Crippen LogP contribution in [0.3, 0.4) is 0 Å². The van der Waals surface area contributed by atoms with Crippen molar-refractivity contribution in [1.82, 2.24) is 14.9 Å². The van der Waals surface area contributed by atoms with Crippen molar-refractivity contribution in [2.45, 2.75) is 45.4 Å². The molecular formula is C15H20N4O2. The second kappa shape index (κ2) is 5.27. The number of nitrogens with two attached hydrogens (primary N) is 1. The zero-order valence-corrected chi connectivity index (χ0v) is 12.3. The van der Waals surface area contributed by atoms with E-state index in [2.05, 4.69) is 10.3 Å². The average molecular weight is 288 g/mol. The van der Waals surface area contributed by atoms with E-state index in [1.165, 1.54) is 0 Å². The highest BCUT2D eigenvalue weighted by atomic mass is 16.5. The van der Waals surface area contributed by atoms with E-state index in [9.17, 15) is 4.79 Å². The minimum absolute atomic E-state index is 0.0797. The third-order valence-electron chi connectivity index (χ3n) is 3.62. The molecule has 0 radical (unpaired) electrons. The van der Waals surface area contributed by atoms with Crippen LogP contribution >= 0.6 is 0 Å². The zero-order valence-electron chi connectivity index (χ0n) is 12.3. The maximum Gasteiger partial charge on any atom is 0.220 e. The lowest BCUT2D eigenvalue weighted by Crippen LogP contribution is -2.29. The standard InChI is InChI=1S/C15H20N4O2/c1-9(2)21-12-5-3-4-11-14(12)18-15(16)19(11)8-10-6-7-13(20)17-10/h3-5,9-10H,6-8H2,1-2H3,(H2,16,18)(H,17,20). The Kier molecular flexibility index (Phi) is 3.45. The molecule has 6 nitrogen and oxygen atoms in total. The molecule has 1 unspecified atom stereocenters. The summed E-state index contributed by atoms with van der Waals surface area (Å²) in [5, 5.41) is 2.96. The van der Waals surface area contributed by atoms with Crippen molar-refractivity contribution in [1.29, 1.82) is 0 Å². The summed E-state index contributed by atoms with van der Waals surface area (Å²) in [6.07, 6.45) is 1.50. The number of carbonyl (C=O) groups is 1. The fraction of sp³-hybridized carbons (Fsp3) is 0.467. The van der Waals surface area contributed by atoms with Gasteiger partial charge in [-0.1, -0.05) is 6.07 Å². The Bertz CT molecular complexity index is 678. The highest BCUT2D eigenvalue weighted by Gasteiger charge is 2.23. The first-order valence-electron chi connectivity index (χ1n) is 7.25. The molecule has 1 aromatic heterocycles. The van der Waals surface area contributed by atoms with Crippen molar-refractivity contribution in [3.8, 4) is 5.75 Å². The molecule has 1 atom stereocenters. The molecule has 0 bridgehead atoms. The average Bonchev–Trinajstić information content (AvgIpc) is 2.96. The Morgan fingerprint density at radius 1 is 1.52 bits per heavy atom. The molecule has 2 heterocycles. The number of nitrogens with one attached hydrogen (secondary N) is 1. The molecule has 3 N–H and O–H groups in total. The highest BCUT2D eigenvalue weighted by Crippen LogP contribution is 2.28. The molecule has 0 aliphatic carbocycles. The van der Waals surface area contributed by atoms with Gasteiger partial charge in [0.2, 0.25) is 11.9 Å². The van der Waals surface area contributed by atoms with Gasteiger partial charge >= 0.3 is 0 Å². The number of anilines is 1. The number of fused-ring (bicyclic) bond motifs is 1. The smallest absolute Gasteiger partial charge is 0.220 e. The first kappa shape index (κ1) is 13.7. The normalized spacial score (nSPS) is 18.4. The molecule has 0 spiro atoms. The summed E-state index contributed by atoms with van der Waals surface area (Å²) in [6.45, 7) is 4.60. The molecule has 0 saturated carbocycles. The van der Waals surface area contributed by atoms with E-state index in [0.29, 0.717) is 18.9 Å². The summed E-state index contributed by atoms with van der Waals surface area (Å²) in [7, 11) is 0. The van der Waals surface area contributed by atoms with E-state index >= 15 is 0 Å². The summed E-state index contributed by atoms with van der Waals surface area (Å²) in [4.78, 5) is 15.7. The van der Waals surface area contributed by atoms with Crippen LogP contribution in [-0.2, 0) is 11.3 Å². The number of benzene rings is 1. The van der Waals surface area contributed by atoms with Gasteiger partial charge in [0.15, 0.2) is 0 Å². The number of ether oxygens (including phenoxy) is 1. The Labute approximate surface area is 123 Å². The first-order chi connectivity index (χ1) is 10.0. The van der Waals surface area contributed by atoms with E-state index < -0.39 is 0 Å². The fourth-order valence-electron chi connectivity index (χ4n) is 2.71. The van der Waals surface area contributed by atoms with Crippen LogP contribution in [0, 0.1) is 0 Å². The van der Waals surface area contributed by atoms with Gasteiger partial charge in [-0.25, -0.2) is 4.98 Å². The Hall–Kier alpha value is -2.24. The number of aromatic nitrogens is 2. The van der Waals surface area contributed by atoms with Crippen molar-refractivity contribution in [3.05, 3.63) is 18.2 Å². The molecule has 1 saturated heterocycles. The van der Waals surface area contributed by atoms with Crippen LogP contribution in [0.2, 0.25) is 0 Å². The molecule has 6 heteroatoms. The predicted octanol–water partition coefficient (Wildman–Crippen LogP) is 1.68. The van der Waals surface area contributed by atoms with Crippen molar-refractivity contribution in [3.63, 3.8) is 0 Å². The molecular weight excluding hydrogens is 268 g/mol. The van der Waals surface area contributed by atoms with Crippen LogP contribution in [0.1, 0.15) is 26.7 Å². The SMILES string of the molecule is CC(C)Oc1cccc2c1nc(N)n2CC1CCC(=O)N1. The van der Waals surface area contributed by atoms with Gasteiger partial charge in [-0.15, -0.1) is 0 Å². The van der Waals surface area contributed by atoms with E-state index in [0.717, 1.165) is 23.2 Å². The molecule has 1 aliphatic heterocycles. The van der Waals surface area contributed by atoms with Crippen LogP contribution in [0.5, 0.6) is 5.75 Å². The first-order valence-corrected chi connectivity index (χ1v) is 7.25. The largest absolute Gasteiger partial charge is 0.489 e. The second-order valence-corrected chi connectivity index (χ2v) is 5.67. The van der Waals surface area contributed by atoms with Crippen LogP contribution in [0.4, 0.5) is 5.95 Å². The number of rotatable bonds is 4. The third kappa shape index (κ3) is 2.66. The number of nitrogen functional groups attached to an aromatic ring is 1. The lowest BCUT2D eigenvalue weighted by atomic mass is 10.2. The quantitative estimate of drug-likeness (QED) is 0.897. The number of hydrogen-bond acceptors (Lipinski definition) is 4. The number of amides is 1. The molecule has 1 aromatic carbocycles. The van der Waals surface area contributed by atoms with Crippen molar-refractivity contribution < 1.29 is 9.53 Å². The maximum atomic E-state index is 11.3. The number of para-hydroxylation sites is 1. The maximum absolute atomic E-state index is 11.3. The van der Waals surface area contributed by atoms with E-state index in [1.807, 2.05) is 36.6 Å². The number of carbonyl (C=O) groups excluding carboxylic acids is 1. The van der Waals surface area contributed by atoms with Crippen LogP contribution < -0.4 is 15.8 Å². The summed E-state index contributed by atoms with van der Waals surface area (Å²) in [5.41, 5.74) is 7.76. The van der Waals surface area contributed by atoms with E-state index in [-0.39, 0.29) is 18.1 Å². The number of hydrogen-bond donors (Lipinski definition) is 2. The predicted molar refractivity (Wildman–Crippen MR) is 81.1 cm³/mol. The lowest BCUT2D eigenvalue weighted by molar-refractivity contribution is -0.119. The second-order valence-electron chi connectivity index (χ2n) is 5.67. The van der Waals surface area contributed by atoms with Crippen molar-refractivity contribution in [2.24, 2.45) is 0 Å². The molecule has 3 rings (SSSR count). The Morgan fingerprint density at radius 3 is 3.00 bits per heavy atom. The van der Waals surface area contributed by atoms with Gasteiger partial charge in [0.05, 0.1) is 11.6 Å². The number of imidazole rings is 1. The fourth-order valence-corrected chi connectivity index (χ4v) is 2.71.